The Balaban J connectivity index is 1.71. The van der Waals surface area contributed by atoms with E-state index in [1.807, 2.05) is 0 Å². The van der Waals surface area contributed by atoms with E-state index in [9.17, 15) is 18.0 Å². The SMILES string of the molecule is Cc1occc1-c1nnc(SCC(=O)Nc2c(Cl)cccc2C(F)(F)F)n1N. The van der Waals surface area contributed by atoms with E-state index in [1.54, 1.807) is 13.0 Å². The fraction of sp³-hybridized carbons (Fsp3) is 0.188. The molecule has 0 atom stereocenters. The number of benzene rings is 1. The molecule has 28 heavy (non-hydrogen) atoms. The average molecular weight is 432 g/mol. The molecule has 12 heteroatoms. The van der Waals surface area contributed by atoms with Crippen molar-refractivity contribution < 1.29 is 22.4 Å². The Kier molecular flexibility index (Phi) is 5.57. The quantitative estimate of drug-likeness (QED) is 0.468. The number of halogens is 4. The molecule has 3 rings (SSSR count). The number of carbonyl (C=O) groups excluding carboxylic acids is 1. The monoisotopic (exact) mass is 431 g/mol. The summed E-state index contributed by atoms with van der Waals surface area (Å²) in [6, 6.07) is 4.92. The number of para-hydroxylation sites is 1. The number of anilines is 1. The second-order valence-corrected chi connectivity index (χ2v) is 6.91. The molecule has 0 saturated heterocycles. The molecule has 0 fully saturated rings. The number of thioether (sulfide) groups is 1. The van der Waals surface area contributed by atoms with Crippen LogP contribution in [0.4, 0.5) is 18.9 Å². The number of hydrogen-bond acceptors (Lipinski definition) is 6. The summed E-state index contributed by atoms with van der Waals surface area (Å²) in [4.78, 5) is 12.1. The Morgan fingerprint density at radius 1 is 1.36 bits per heavy atom. The van der Waals surface area contributed by atoms with Gasteiger partial charge in [0.2, 0.25) is 11.1 Å². The second-order valence-electron chi connectivity index (χ2n) is 5.56. The van der Waals surface area contributed by atoms with E-state index in [-0.39, 0.29) is 15.9 Å². The number of aryl methyl sites for hydroxylation is 1. The topological polar surface area (TPSA) is 99.0 Å². The number of rotatable bonds is 5. The van der Waals surface area contributed by atoms with Gasteiger partial charge in [-0.15, -0.1) is 10.2 Å². The first kappa shape index (κ1) is 20.1. The van der Waals surface area contributed by atoms with Gasteiger partial charge in [0, 0.05) is 0 Å². The lowest BCUT2D eigenvalue weighted by Gasteiger charge is -2.15. The summed E-state index contributed by atoms with van der Waals surface area (Å²) in [7, 11) is 0. The zero-order valence-electron chi connectivity index (χ0n) is 14.2. The first-order valence-electron chi connectivity index (χ1n) is 7.71. The van der Waals surface area contributed by atoms with E-state index >= 15 is 0 Å². The van der Waals surface area contributed by atoms with Crippen molar-refractivity contribution in [3.05, 3.63) is 46.9 Å². The van der Waals surface area contributed by atoms with E-state index in [1.165, 1.54) is 17.0 Å². The number of furan rings is 1. The summed E-state index contributed by atoms with van der Waals surface area (Å²) in [6.07, 6.45) is -3.18. The van der Waals surface area contributed by atoms with Gasteiger partial charge in [0.15, 0.2) is 5.82 Å². The lowest BCUT2D eigenvalue weighted by Crippen LogP contribution is -2.19. The molecule has 1 amide bonds. The van der Waals surface area contributed by atoms with Gasteiger partial charge in [-0.2, -0.15) is 13.2 Å². The number of alkyl halides is 3. The van der Waals surface area contributed by atoms with Crippen molar-refractivity contribution in [2.24, 2.45) is 0 Å². The van der Waals surface area contributed by atoms with Crippen LogP contribution in [0.25, 0.3) is 11.4 Å². The van der Waals surface area contributed by atoms with Crippen LogP contribution < -0.4 is 11.2 Å². The van der Waals surface area contributed by atoms with Crippen molar-refractivity contribution in [2.45, 2.75) is 18.3 Å². The number of nitrogens with one attached hydrogen (secondary N) is 1. The van der Waals surface area contributed by atoms with Gasteiger partial charge in [-0.1, -0.05) is 29.4 Å². The number of nitrogens with two attached hydrogens (primary N) is 1. The Labute approximate surface area is 166 Å². The summed E-state index contributed by atoms with van der Waals surface area (Å²) < 4.78 is 45.6. The molecule has 2 aromatic heterocycles. The van der Waals surface area contributed by atoms with Gasteiger partial charge in [-0.3, -0.25) is 4.79 Å². The molecule has 0 aliphatic rings. The van der Waals surface area contributed by atoms with Gasteiger partial charge in [-0.05, 0) is 25.1 Å². The molecule has 0 radical (unpaired) electrons. The zero-order valence-corrected chi connectivity index (χ0v) is 15.8. The maximum absolute atomic E-state index is 13.1. The highest BCUT2D eigenvalue weighted by Crippen LogP contribution is 2.38. The van der Waals surface area contributed by atoms with Gasteiger partial charge in [0.1, 0.15) is 5.76 Å². The highest BCUT2D eigenvalue weighted by atomic mass is 35.5. The molecule has 148 valence electrons. The Hall–Kier alpha value is -2.66. The number of aromatic nitrogens is 3. The molecule has 0 aliphatic carbocycles. The van der Waals surface area contributed by atoms with E-state index < -0.39 is 23.3 Å². The normalized spacial score (nSPS) is 11.6. The number of hydrogen-bond donors (Lipinski definition) is 2. The molecule has 2 heterocycles. The lowest BCUT2D eigenvalue weighted by atomic mass is 10.1. The largest absolute Gasteiger partial charge is 0.469 e. The van der Waals surface area contributed by atoms with Crippen LogP contribution in [0.5, 0.6) is 0 Å². The summed E-state index contributed by atoms with van der Waals surface area (Å²) in [5.41, 5.74) is -0.888. The third-order valence-corrected chi connectivity index (χ3v) is 4.94. The van der Waals surface area contributed by atoms with Crippen LogP contribution in [0.1, 0.15) is 11.3 Å². The number of nitrogens with zero attached hydrogens (tertiary/aromatic N) is 3. The third-order valence-electron chi connectivity index (χ3n) is 3.68. The molecule has 7 nitrogen and oxygen atoms in total. The summed E-state index contributed by atoms with van der Waals surface area (Å²) in [6.45, 7) is 1.73. The summed E-state index contributed by atoms with van der Waals surface area (Å²) in [5, 5.41) is 10.0. The minimum Gasteiger partial charge on any atom is -0.469 e. The highest BCUT2D eigenvalue weighted by Gasteiger charge is 2.34. The highest BCUT2D eigenvalue weighted by molar-refractivity contribution is 7.99. The van der Waals surface area contributed by atoms with Crippen LogP contribution in [-0.4, -0.2) is 26.5 Å². The predicted octanol–water partition coefficient (Wildman–Crippen LogP) is 3.96. The molecule has 0 saturated carbocycles. The van der Waals surface area contributed by atoms with Crippen LogP contribution in [0.15, 0.2) is 40.1 Å². The lowest BCUT2D eigenvalue weighted by molar-refractivity contribution is -0.137. The molecule has 0 bridgehead atoms. The number of amides is 1. The van der Waals surface area contributed by atoms with Crippen molar-refractivity contribution in [3.63, 3.8) is 0 Å². The molecular weight excluding hydrogens is 419 g/mol. The Bertz CT molecular complexity index is 1020. The summed E-state index contributed by atoms with van der Waals surface area (Å²) in [5.74, 6) is 5.91. The van der Waals surface area contributed by atoms with Crippen LogP contribution in [0.3, 0.4) is 0 Å². The van der Waals surface area contributed by atoms with E-state index in [2.05, 4.69) is 15.5 Å². The van der Waals surface area contributed by atoms with Gasteiger partial charge >= 0.3 is 6.18 Å². The fourth-order valence-electron chi connectivity index (χ4n) is 2.37. The van der Waals surface area contributed by atoms with Crippen LogP contribution >= 0.6 is 23.4 Å². The second kappa shape index (κ2) is 7.76. The minimum atomic E-state index is -4.66. The standard InChI is InChI=1S/C16H13ClF3N5O2S/c1-8-9(5-6-27-8)14-23-24-15(25(14)21)28-7-12(26)22-13-10(16(18,19)20)3-2-4-11(13)17/h2-6H,7,21H2,1H3,(H,22,26). The van der Waals surface area contributed by atoms with Gasteiger partial charge in [-0.25, -0.2) is 4.68 Å². The average Bonchev–Trinajstić information content (AvgIpc) is 3.19. The Morgan fingerprint density at radius 2 is 2.11 bits per heavy atom. The molecule has 0 unspecified atom stereocenters. The first-order chi connectivity index (χ1) is 13.2. The smallest absolute Gasteiger partial charge is 0.418 e. The third kappa shape index (κ3) is 4.09. The van der Waals surface area contributed by atoms with Gasteiger partial charge in [0.25, 0.3) is 0 Å². The number of carbonyl (C=O) groups is 1. The van der Waals surface area contributed by atoms with Crippen molar-refractivity contribution in [1.29, 1.82) is 0 Å². The Morgan fingerprint density at radius 3 is 2.75 bits per heavy atom. The van der Waals surface area contributed by atoms with Crippen molar-refractivity contribution in [2.75, 3.05) is 16.9 Å². The molecule has 0 spiro atoms. The fourth-order valence-corrected chi connectivity index (χ4v) is 3.25. The summed E-state index contributed by atoms with van der Waals surface area (Å²) >= 11 is 6.74. The molecule has 1 aromatic carbocycles. The van der Waals surface area contributed by atoms with Crippen molar-refractivity contribution in [3.8, 4) is 11.4 Å². The maximum Gasteiger partial charge on any atom is 0.418 e. The van der Waals surface area contributed by atoms with E-state index in [4.69, 9.17) is 21.9 Å². The zero-order chi connectivity index (χ0) is 20.5. The van der Waals surface area contributed by atoms with Crippen molar-refractivity contribution in [1.82, 2.24) is 14.9 Å². The van der Waals surface area contributed by atoms with E-state index in [0.29, 0.717) is 17.1 Å². The molecular formula is C16H13ClF3N5O2S. The minimum absolute atomic E-state index is 0.209. The predicted molar refractivity (Wildman–Crippen MR) is 98.4 cm³/mol. The van der Waals surface area contributed by atoms with Gasteiger partial charge in [0.05, 0.1) is 33.9 Å². The van der Waals surface area contributed by atoms with Crippen LogP contribution in [0.2, 0.25) is 5.02 Å². The maximum atomic E-state index is 13.1. The molecule has 3 N–H and O–H groups in total. The van der Waals surface area contributed by atoms with Gasteiger partial charge < -0.3 is 15.6 Å². The molecule has 0 aliphatic heterocycles. The van der Waals surface area contributed by atoms with E-state index in [0.717, 1.165) is 23.9 Å². The molecule has 3 aromatic rings. The number of nitrogen functional groups attached to an aromatic ring is 1. The first-order valence-corrected chi connectivity index (χ1v) is 9.08. The van der Waals surface area contributed by atoms with Crippen molar-refractivity contribution >= 4 is 35.0 Å². The van der Waals surface area contributed by atoms with Crippen LogP contribution in [0, 0.1) is 6.92 Å². The van der Waals surface area contributed by atoms with Crippen LogP contribution in [-0.2, 0) is 11.0 Å².